The highest BCUT2D eigenvalue weighted by Gasteiger charge is 2.15. The van der Waals surface area contributed by atoms with Crippen LogP contribution in [-0.2, 0) is 23.1 Å². The summed E-state index contributed by atoms with van der Waals surface area (Å²) in [5.74, 6) is 0.766. The van der Waals surface area contributed by atoms with Gasteiger partial charge in [-0.1, -0.05) is 5.16 Å². The van der Waals surface area contributed by atoms with E-state index in [-0.39, 0.29) is 4.21 Å². The third kappa shape index (κ3) is 3.21. The van der Waals surface area contributed by atoms with Crippen LogP contribution in [-0.4, -0.2) is 13.6 Å². The van der Waals surface area contributed by atoms with Crippen molar-refractivity contribution in [2.45, 2.75) is 31.1 Å². The predicted molar refractivity (Wildman–Crippen MR) is 72.2 cm³/mol. The average Bonchev–Trinajstić information content (AvgIpc) is 2.89. The maximum absolute atomic E-state index is 11.4. The molecule has 2 heterocycles. The topological polar surface area (TPSA) is 98.2 Å². The van der Waals surface area contributed by atoms with E-state index >= 15 is 0 Å². The summed E-state index contributed by atoms with van der Waals surface area (Å²) in [7, 11) is -3.64. The number of hydrogen-bond acceptors (Lipinski definition) is 6. The van der Waals surface area contributed by atoms with Gasteiger partial charge in [0.05, 0.1) is 5.69 Å². The van der Waals surface area contributed by atoms with Crippen molar-refractivity contribution < 1.29 is 12.9 Å². The maximum Gasteiger partial charge on any atom is 0.247 e. The minimum absolute atomic E-state index is 0.207. The van der Waals surface area contributed by atoms with Crippen molar-refractivity contribution in [2.75, 3.05) is 0 Å². The normalized spacial score (nSPS) is 11.9. The van der Waals surface area contributed by atoms with Crippen LogP contribution in [0.4, 0.5) is 0 Å². The second-order valence-electron chi connectivity index (χ2n) is 4.18. The highest BCUT2D eigenvalue weighted by atomic mass is 32.2. The van der Waals surface area contributed by atoms with E-state index in [1.807, 2.05) is 13.8 Å². The summed E-state index contributed by atoms with van der Waals surface area (Å²) in [6.07, 6.45) is 0. The number of hydrogen-bond donors (Lipinski definition) is 2. The number of nitrogens with one attached hydrogen (secondary N) is 1. The Balaban J connectivity index is 2.03. The minimum Gasteiger partial charge on any atom is -0.361 e. The van der Waals surface area contributed by atoms with E-state index in [0.717, 1.165) is 28.4 Å². The Morgan fingerprint density at radius 3 is 2.74 bits per heavy atom. The molecular weight excluding hydrogens is 286 g/mol. The van der Waals surface area contributed by atoms with Gasteiger partial charge in [-0.3, -0.25) is 0 Å². The Labute approximate surface area is 115 Å². The van der Waals surface area contributed by atoms with Crippen molar-refractivity contribution in [3.8, 4) is 0 Å². The second-order valence-corrected chi connectivity index (χ2v) is 6.86. The van der Waals surface area contributed by atoms with E-state index < -0.39 is 10.0 Å². The molecule has 0 radical (unpaired) electrons. The lowest BCUT2D eigenvalue weighted by atomic mass is 10.2. The first kappa shape index (κ1) is 14.2. The van der Waals surface area contributed by atoms with Crippen molar-refractivity contribution in [3.63, 3.8) is 0 Å². The van der Waals surface area contributed by atoms with Gasteiger partial charge in [0.15, 0.2) is 0 Å². The number of thiophene rings is 1. The minimum atomic E-state index is -3.64. The van der Waals surface area contributed by atoms with Gasteiger partial charge in [-0.05, 0) is 30.9 Å². The zero-order valence-corrected chi connectivity index (χ0v) is 12.3. The molecule has 0 bridgehead atoms. The molecule has 0 aliphatic heterocycles. The van der Waals surface area contributed by atoms with E-state index in [1.165, 1.54) is 0 Å². The molecule has 0 saturated carbocycles. The molecule has 0 aliphatic rings. The van der Waals surface area contributed by atoms with Gasteiger partial charge in [0, 0.05) is 18.7 Å². The second kappa shape index (κ2) is 5.41. The van der Waals surface area contributed by atoms with Gasteiger partial charge in [-0.25, -0.2) is 13.6 Å². The molecule has 0 aliphatic carbocycles. The fourth-order valence-corrected chi connectivity index (χ4v) is 3.64. The van der Waals surface area contributed by atoms with Crippen molar-refractivity contribution in [1.82, 2.24) is 10.5 Å². The van der Waals surface area contributed by atoms with Gasteiger partial charge in [-0.15, -0.1) is 11.3 Å². The summed E-state index contributed by atoms with van der Waals surface area (Å²) < 4.78 is 28.0. The summed E-state index contributed by atoms with van der Waals surface area (Å²) in [5, 5.41) is 13.9. The summed E-state index contributed by atoms with van der Waals surface area (Å²) in [6, 6.07) is 1.75. The number of aromatic nitrogens is 1. The number of sulfonamides is 1. The Kier molecular flexibility index (Phi) is 4.04. The van der Waals surface area contributed by atoms with Crippen LogP contribution >= 0.6 is 11.3 Å². The van der Waals surface area contributed by atoms with Crippen LogP contribution in [0.5, 0.6) is 0 Å². The number of primary sulfonamides is 1. The molecule has 2 rings (SSSR count). The standard InChI is InChI=1S/C11H15N3O3S2/c1-7-10(8(2)17-14-7)6-13-5-9-3-4-18-11(9)19(12,15)16/h3-4,13H,5-6H2,1-2H3,(H2,12,15,16). The molecule has 0 aromatic carbocycles. The third-order valence-electron chi connectivity index (χ3n) is 2.76. The molecule has 0 spiro atoms. The van der Waals surface area contributed by atoms with Crippen LogP contribution in [0, 0.1) is 13.8 Å². The number of rotatable bonds is 5. The van der Waals surface area contributed by atoms with Crippen LogP contribution in [0.25, 0.3) is 0 Å². The monoisotopic (exact) mass is 301 g/mol. The molecule has 0 saturated heterocycles. The Hall–Kier alpha value is -1.22. The average molecular weight is 301 g/mol. The Bertz CT molecular complexity index is 654. The van der Waals surface area contributed by atoms with Gasteiger partial charge in [0.2, 0.25) is 10.0 Å². The predicted octanol–water partition coefficient (Wildman–Crippen LogP) is 1.29. The van der Waals surface area contributed by atoms with Crippen LogP contribution in [0.1, 0.15) is 22.6 Å². The van der Waals surface area contributed by atoms with Crippen molar-refractivity contribution in [2.24, 2.45) is 5.14 Å². The van der Waals surface area contributed by atoms with Crippen LogP contribution < -0.4 is 10.5 Å². The van der Waals surface area contributed by atoms with Gasteiger partial charge < -0.3 is 9.84 Å². The molecule has 19 heavy (non-hydrogen) atoms. The van der Waals surface area contributed by atoms with E-state index in [4.69, 9.17) is 9.66 Å². The summed E-state index contributed by atoms with van der Waals surface area (Å²) in [6.45, 7) is 4.71. The molecule has 2 aromatic heterocycles. The van der Waals surface area contributed by atoms with Gasteiger partial charge >= 0.3 is 0 Å². The molecular formula is C11H15N3O3S2. The first-order valence-electron chi connectivity index (χ1n) is 5.61. The van der Waals surface area contributed by atoms with E-state index in [2.05, 4.69) is 10.5 Å². The van der Waals surface area contributed by atoms with E-state index in [0.29, 0.717) is 18.7 Å². The number of nitrogens with two attached hydrogens (primary N) is 1. The Morgan fingerprint density at radius 2 is 2.16 bits per heavy atom. The van der Waals surface area contributed by atoms with Crippen LogP contribution in [0.15, 0.2) is 20.2 Å². The SMILES string of the molecule is Cc1noc(C)c1CNCc1ccsc1S(N)(=O)=O. The van der Waals surface area contributed by atoms with E-state index in [1.54, 1.807) is 11.4 Å². The molecule has 104 valence electrons. The molecule has 0 atom stereocenters. The maximum atomic E-state index is 11.4. The lowest BCUT2D eigenvalue weighted by Gasteiger charge is -2.05. The third-order valence-corrected chi connectivity index (χ3v) is 5.28. The lowest BCUT2D eigenvalue weighted by molar-refractivity contribution is 0.392. The van der Waals surface area contributed by atoms with Gasteiger partial charge in [-0.2, -0.15) is 0 Å². The molecule has 3 N–H and O–H groups in total. The Morgan fingerprint density at radius 1 is 1.42 bits per heavy atom. The summed E-state index contributed by atoms with van der Waals surface area (Å²) in [5.41, 5.74) is 2.51. The fourth-order valence-electron chi connectivity index (χ4n) is 1.78. The zero-order valence-electron chi connectivity index (χ0n) is 10.6. The smallest absolute Gasteiger partial charge is 0.247 e. The van der Waals surface area contributed by atoms with Crippen LogP contribution in [0.3, 0.4) is 0 Å². The van der Waals surface area contributed by atoms with Crippen molar-refractivity contribution >= 4 is 21.4 Å². The largest absolute Gasteiger partial charge is 0.361 e. The highest BCUT2D eigenvalue weighted by molar-refractivity contribution is 7.91. The van der Waals surface area contributed by atoms with Gasteiger partial charge in [0.1, 0.15) is 9.97 Å². The first-order valence-corrected chi connectivity index (χ1v) is 8.04. The lowest BCUT2D eigenvalue weighted by Crippen LogP contribution is -2.17. The number of nitrogens with zero attached hydrogens (tertiary/aromatic N) is 1. The molecule has 6 nitrogen and oxygen atoms in total. The quantitative estimate of drug-likeness (QED) is 0.867. The van der Waals surface area contributed by atoms with Gasteiger partial charge in [0.25, 0.3) is 0 Å². The fraction of sp³-hybridized carbons (Fsp3) is 0.364. The molecule has 0 fully saturated rings. The zero-order chi connectivity index (χ0) is 14.0. The number of aryl methyl sites for hydroxylation is 2. The molecule has 2 aromatic rings. The molecule has 0 amide bonds. The first-order chi connectivity index (χ1) is 8.89. The summed E-state index contributed by atoms with van der Waals surface area (Å²) in [4.78, 5) is 0. The highest BCUT2D eigenvalue weighted by Crippen LogP contribution is 2.21. The summed E-state index contributed by atoms with van der Waals surface area (Å²) >= 11 is 1.13. The van der Waals surface area contributed by atoms with E-state index in [9.17, 15) is 8.42 Å². The van der Waals surface area contributed by atoms with Crippen molar-refractivity contribution in [1.29, 1.82) is 0 Å². The van der Waals surface area contributed by atoms with Crippen molar-refractivity contribution in [3.05, 3.63) is 34.0 Å². The van der Waals surface area contributed by atoms with Crippen LogP contribution in [0.2, 0.25) is 0 Å². The molecule has 0 unspecified atom stereocenters. The molecule has 8 heteroatoms.